The standard InChI is InChI=1S/C20H22F2N4O3S.C2H6.CH4.2H2/c1-4-14-8-19(25-13(3)20(14)29-11-18(21)22)26-30(27,28)15-9-17(23-10-15)16-7-5-6-12(2)24-16;1-2;;;/h4,6,8-10,18,23H,1,5,7,11H2,2-3H3,(H,25,26);1-2H3;1H4;2*1H. The number of rotatable bonds is 8. The number of aromatic nitrogens is 2. The largest absolute Gasteiger partial charge is 0.485 e. The highest BCUT2D eigenvalue weighted by molar-refractivity contribution is 7.92. The van der Waals surface area contributed by atoms with E-state index < -0.39 is 23.1 Å². The zero-order valence-corrected chi connectivity index (χ0v) is 19.4. The molecule has 186 valence electrons. The number of sulfonamides is 1. The summed E-state index contributed by atoms with van der Waals surface area (Å²) in [6.45, 7) is 10.3. The third-order valence-corrected chi connectivity index (χ3v) is 5.73. The number of alkyl halides is 2. The third kappa shape index (κ3) is 7.24. The van der Waals surface area contributed by atoms with Gasteiger partial charge in [0.05, 0.1) is 17.1 Å². The Kier molecular flexibility index (Phi) is 10.4. The van der Waals surface area contributed by atoms with Crippen LogP contribution in [0.2, 0.25) is 0 Å². The maximum absolute atomic E-state index is 12.8. The van der Waals surface area contributed by atoms with Gasteiger partial charge >= 0.3 is 0 Å². The number of nitrogens with zero attached hydrogens (tertiary/aromatic N) is 2. The number of anilines is 1. The van der Waals surface area contributed by atoms with Gasteiger partial charge in [0.15, 0.2) is 0 Å². The van der Waals surface area contributed by atoms with E-state index in [0.29, 0.717) is 17.7 Å². The molecule has 0 radical (unpaired) electrons. The second-order valence-electron chi connectivity index (χ2n) is 6.71. The normalized spacial score (nSPS) is 13.2. The topological polar surface area (TPSA) is 96.4 Å². The first-order valence-corrected chi connectivity index (χ1v) is 11.7. The average Bonchev–Trinajstić information content (AvgIpc) is 3.25. The molecule has 0 saturated heterocycles. The van der Waals surface area contributed by atoms with E-state index in [1.165, 1.54) is 31.3 Å². The number of hydrogen-bond acceptors (Lipinski definition) is 5. The van der Waals surface area contributed by atoms with Crippen LogP contribution in [0.4, 0.5) is 14.6 Å². The molecule has 2 aromatic heterocycles. The van der Waals surface area contributed by atoms with Gasteiger partial charge in [-0.1, -0.05) is 40.0 Å². The summed E-state index contributed by atoms with van der Waals surface area (Å²) < 4.78 is 58.0. The number of aryl methyl sites for hydroxylation is 1. The molecule has 33 heavy (non-hydrogen) atoms. The van der Waals surface area contributed by atoms with Gasteiger partial charge in [0.1, 0.15) is 23.1 Å². The lowest BCUT2D eigenvalue weighted by atomic mass is 10.1. The fourth-order valence-electron chi connectivity index (χ4n) is 3.04. The lowest BCUT2D eigenvalue weighted by Crippen LogP contribution is -2.15. The zero-order valence-electron chi connectivity index (χ0n) is 18.6. The molecule has 0 atom stereocenters. The minimum absolute atomic E-state index is 0. The summed E-state index contributed by atoms with van der Waals surface area (Å²) in [5.41, 5.74) is 2.93. The van der Waals surface area contributed by atoms with E-state index >= 15 is 0 Å². The van der Waals surface area contributed by atoms with Gasteiger partial charge < -0.3 is 9.72 Å². The monoisotopic (exact) mass is 486 g/mol. The van der Waals surface area contributed by atoms with Crippen LogP contribution in [0.15, 0.2) is 46.6 Å². The van der Waals surface area contributed by atoms with E-state index in [1.807, 2.05) is 26.8 Å². The van der Waals surface area contributed by atoms with Crippen LogP contribution < -0.4 is 9.46 Å². The van der Waals surface area contributed by atoms with Crippen molar-refractivity contribution in [2.75, 3.05) is 11.3 Å². The predicted molar refractivity (Wildman–Crippen MR) is 134 cm³/mol. The zero-order chi connectivity index (χ0) is 23.9. The Morgan fingerprint density at radius 2 is 2.03 bits per heavy atom. The second-order valence-corrected chi connectivity index (χ2v) is 8.40. The van der Waals surface area contributed by atoms with Gasteiger partial charge in [-0.3, -0.25) is 9.71 Å². The SMILES string of the molecule is C.C=Cc1cc(NS(=O)(=O)c2c[nH]c(C3=NC(C)=CCC3)c2)nc(C)c1OCC(F)F.CC.[HH].[HH]. The van der Waals surface area contributed by atoms with Crippen LogP contribution in [0.3, 0.4) is 0 Å². The molecule has 0 bridgehead atoms. The molecular weight excluding hydrogens is 450 g/mol. The Hall–Kier alpha value is -3.01. The van der Waals surface area contributed by atoms with Gasteiger partial charge in [0.25, 0.3) is 16.4 Å². The number of aromatic amines is 1. The highest BCUT2D eigenvalue weighted by Gasteiger charge is 2.21. The fraction of sp³-hybridized carbons (Fsp3) is 0.391. The number of nitrogens with one attached hydrogen (secondary N) is 2. The number of hydrogen-bond donors (Lipinski definition) is 2. The maximum atomic E-state index is 12.8. The van der Waals surface area contributed by atoms with E-state index in [0.717, 1.165) is 17.8 Å². The predicted octanol–water partition coefficient (Wildman–Crippen LogP) is 6.45. The van der Waals surface area contributed by atoms with Crippen molar-refractivity contribution >= 4 is 27.6 Å². The number of H-pyrrole nitrogens is 1. The van der Waals surface area contributed by atoms with Crippen molar-refractivity contribution in [3.05, 3.63) is 53.6 Å². The molecule has 1 aliphatic heterocycles. The van der Waals surface area contributed by atoms with E-state index in [2.05, 4.69) is 26.3 Å². The van der Waals surface area contributed by atoms with Crippen LogP contribution >= 0.6 is 0 Å². The van der Waals surface area contributed by atoms with Crippen LogP contribution in [0, 0.1) is 6.92 Å². The number of pyridine rings is 1. The molecule has 0 saturated carbocycles. The minimum atomic E-state index is -3.93. The van der Waals surface area contributed by atoms with E-state index in [9.17, 15) is 17.2 Å². The molecule has 3 rings (SSSR count). The highest BCUT2D eigenvalue weighted by atomic mass is 32.2. The Bertz CT molecular complexity index is 1130. The van der Waals surface area contributed by atoms with Crippen molar-refractivity contribution in [3.63, 3.8) is 0 Å². The van der Waals surface area contributed by atoms with Crippen molar-refractivity contribution in [2.24, 2.45) is 4.99 Å². The van der Waals surface area contributed by atoms with Crippen LogP contribution in [-0.4, -0.2) is 37.1 Å². The first-order chi connectivity index (χ1) is 15.2. The number of aliphatic imine (C=N–C) groups is 1. The molecule has 10 heteroatoms. The summed E-state index contributed by atoms with van der Waals surface area (Å²) in [6, 6.07) is 2.90. The Morgan fingerprint density at radius 1 is 1.33 bits per heavy atom. The molecule has 0 fully saturated rings. The smallest absolute Gasteiger partial charge is 0.272 e. The van der Waals surface area contributed by atoms with E-state index in [4.69, 9.17) is 4.74 Å². The van der Waals surface area contributed by atoms with Crippen LogP contribution in [-0.2, 0) is 10.0 Å². The Labute approximate surface area is 197 Å². The van der Waals surface area contributed by atoms with Gasteiger partial charge in [-0.2, -0.15) is 0 Å². The number of allylic oxidation sites excluding steroid dienone is 2. The summed E-state index contributed by atoms with van der Waals surface area (Å²) in [5.74, 6) is 0.166. The van der Waals surface area contributed by atoms with Crippen molar-refractivity contribution in [1.29, 1.82) is 0 Å². The molecule has 2 N–H and O–H groups in total. The molecule has 2 aromatic rings. The van der Waals surface area contributed by atoms with Crippen molar-refractivity contribution in [1.82, 2.24) is 9.97 Å². The number of ether oxygens (including phenoxy) is 1. The van der Waals surface area contributed by atoms with Crippen LogP contribution in [0.1, 0.15) is 60.8 Å². The van der Waals surface area contributed by atoms with Crippen LogP contribution in [0.5, 0.6) is 5.75 Å². The Morgan fingerprint density at radius 3 is 2.64 bits per heavy atom. The molecule has 0 unspecified atom stereocenters. The first kappa shape index (κ1) is 28.0. The lowest BCUT2D eigenvalue weighted by molar-refractivity contribution is 0.0813. The summed E-state index contributed by atoms with van der Waals surface area (Å²) in [5, 5.41) is 0. The number of halogens is 2. The van der Waals surface area contributed by atoms with Gasteiger partial charge in [-0.25, -0.2) is 22.2 Å². The summed E-state index contributed by atoms with van der Waals surface area (Å²) in [4.78, 5) is 11.6. The van der Waals surface area contributed by atoms with Gasteiger partial charge in [0, 0.05) is 20.3 Å². The summed E-state index contributed by atoms with van der Waals surface area (Å²) in [7, 11) is -3.93. The average molecular weight is 487 g/mol. The maximum Gasteiger partial charge on any atom is 0.272 e. The third-order valence-electron chi connectivity index (χ3n) is 4.39. The first-order valence-electron chi connectivity index (χ1n) is 10.2. The fourth-order valence-corrected chi connectivity index (χ4v) is 4.03. The lowest BCUT2D eigenvalue weighted by Gasteiger charge is -2.14. The van der Waals surface area contributed by atoms with Crippen molar-refractivity contribution in [3.8, 4) is 5.75 Å². The van der Waals surface area contributed by atoms with E-state index in [-0.39, 0.29) is 32.4 Å². The quantitative estimate of drug-likeness (QED) is 0.448. The van der Waals surface area contributed by atoms with Gasteiger partial charge in [-0.05, 0) is 38.8 Å². The molecule has 7 nitrogen and oxygen atoms in total. The summed E-state index contributed by atoms with van der Waals surface area (Å²) in [6.07, 6.45) is 3.71. The molecule has 0 spiro atoms. The molecular formula is C23H36F2N4O3S. The minimum Gasteiger partial charge on any atom is -0.485 e. The molecule has 3 heterocycles. The summed E-state index contributed by atoms with van der Waals surface area (Å²) >= 11 is 0. The molecule has 0 amide bonds. The second kappa shape index (κ2) is 12.3. The molecule has 0 aromatic carbocycles. The highest BCUT2D eigenvalue weighted by Crippen LogP contribution is 2.28. The van der Waals surface area contributed by atoms with Crippen molar-refractivity contribution in [2.45, 2.75) is 59.3 Å². The van der Waals surface area contributed by atoms with Crippen molar-refractivity contribution < 1.29 is 24.8 Å². The van der Waals surface area contributed by atoms with Gasteiger partial charge in [-0.15, -0.1) is 0 Å². The molecule has 0 aliphatic carbocycles. The van der Waals surface area contributed by atoms with Crippen LogP contribution in [0.25, 0.3) is 6.08 Å². The molecule has 1 aliphatic rings. The Balaban J connectivity index is 0. The van der Waals surface area contributed by atoms with E-state index in [1.54, 1.807) is 0 Å². The van der Waals surface area contributed by atoms with Gasteiger partial charge in [0.2, 0.25) is 0 Å².